The zero-order valence-electron chi connectivity index (χ0n) is 12.8. The molecule has 0 saturated heterocycles. The minimum absolute atomic E-state index is 0. The number of hydrogen-bond donors (Lipinski definition) is 2. The summed E-state index contributed by atoms with van der Waals surface area (Å²) in [6.07, 6.45) is 0. The average Bonchev–Trinajstić information content (AvgIpc) is 2.85. The van der Waals surface area contributed by atoms with Crippen molar-refractivity contribution in [3.8, 4) is 11.3 Å². The zero-order chi connectivity index (χ0) is 14.8. The van der Waals surface area contributed by atoms with E-state index >= 15 is 0 Å². The van der Waals surface area contributed by atoms with Crippen molar-refractivity contribution in [1.29, 1.82) is 0 Å². The van der Waals surface area contributed by atoms with E-state index in [2.05, 4.69) is 48.3 Å². The molecular weight excluding hydrogens is 296 g/mol. The van der Waals surface area contributed by atoms with Crippen LogP contribution in [0.1, 0.15) is 16.7 Å². The van der Waals surface area contributed by atoms with E-state index in [0.29, 0.717) is 13.2 Å². The number of aryl methyl sites for hydroxylation is 1. The van der Waals surface area contributed by atoms with Crippen LogP contribution in [0.5, 0.6) is 0 Å². The zero-order valence-corrected chi connectivity index (χ0v) is 13.7. The van der Waals surface area contributed by atoms with Crippen LogP contribution in [-0.2, 0) is 17.9 Å². The lowest BCUT2D eigenvalue weighted by Crippen LogP contribution is -1.95. The number of fused-ring (bicyclic) bond motifs is 1. The van der Waals surface area contributed by atoms with Gasteiger partial charge in [0.1, 0.15) is 0 Å². The van der Waals surface area contributed by atoms with Gasteiger partial charge in [-0.25, -0.2) is 0 Å². The fraction of sp³-hybridized carbons (Fsp3) is 0.222. The van der Waals surface area contributed by atoms with Gasteiger partial charge in [-0.1, -0.05) is 30.3 Å². The van der Waals surface area contributed by atoms with Crippen LogP contribution in [0.25, 0.3) is 22.2 Å². The number of aromatic nitrogens is 1. The lowest BCUT2D eigenvalue weighted by Gasteiger charge is -2.08. The summed E-state index contributed by atoms with van der Waals surface area (Å²) in [6.45, 7) is 3.33. The number of methoxy groups -OCH3 is 1. The van der Waals surface area contributed by atoms with E-state index in [-0.39, 0.29) is 12.4 Å². The summed E-state index contributed by atoms with van der Waals surface area (Å²) < 4.78 is 5.31. The number of nitrogens with one attached hydrogen (secondary N) is 1. The fourth-order valence-electron chi connectivity index (χ4n) is 2.82. The highest BCUT2D eigenvalue weighted by Gasteiger charge is 2.12. The van der Waals surface area contributed by atoms with E-state index in [4.69, 9.17) is 10.5 Å². The number of ether oxygens (including phenoxy) is 1. The van der Waals surface area contributed by atoms with Gasteiger partial charge in [0.05, 0.1) is 6.61 Å². The summed E-state index contributed by atoms with van der Waals surface area (Å²) in [4.78, 5) is 3.53. The Morgan fingerprint density at radius 1 is 1.14 bits per heavy atom. The van der Waals surface area contributed by atoms with Crippen molar-refractivity contribution in [2.75, 3.05) is 7.11 Å². The average molecular weight is 317 g/mol. The predicted octanol–water partition coefficient (Wildman–Crippen LogP) is 4.17. The first kappa shape index (κ1) is 16.6. The van der Waals surface area contributed by atoms with Crippen LogP contribution in [0, 0.1) is 6.92 Å². The summed E-state index contributed by atoms with van der Waals surface area (Å²) in [5.41, 5.74) is 12.8. The lowest BCUT2D eigenvalue weighted by atomic mass is 10.0. The highest BCUT2D eigenvalue weighted by atomic mass is 35.5. The number of hydrogen-bond acceptors (Lipinski definition) is 2. The molecule has 0 fully saturated rings. The van der Waals surface area contributed by atoms with Crippen molar-refractivity contribution in [2.45, 2.75) is 20.1 Å². The first-order valence-electron chi connectivity index (χ1n) is 7.13. The van der Waals surface area contributed by atoms with Gasteiger partial charge in [-0.3, -0.25) is 0 Å². The van der Waals surface area contributed by atoms with Crippen molar-refractivity contribution >= 4 is 23.3 Å². The molecule has 3 N–H and O–H groups in total. The van der Waals surface area contributed by atoms with Crippen molar-refractivity contribution < 1.29 is 4.74 Å². The molecule has 0 spiro atoms. The Labute approximate surface area is 136 Å². The predicted molar refractivity (Wildman–Crippen MR) is 94.3 cm³/mol. The first-order valence-corrected chi connectivity index (χ1v) is 7.13. The molecule has 3 rings (SSSR count). The summed E-state index contributed by atoms with van der Waals surface area (Å²) in [5, 5.41) is 1.24. The molecule has 0 radical (unpaired) electrons. The van der Waals surface area contributed by atoms with Crippen molar-refractivity contribution in [3.05, 3.63) is 59.2 Å². The standard InChI is InChI=1S/C18H20N2O.ClH/c1-12-16-9-13(10-19)7-8-17(16)20-18(12)15-6-4-3-5-14(15)11-21-2;/h3-9,20H,10-11,19H2,1-2H3;1H. The smallest absolute Gasteiger partial charge is 0.0719 e. The Balaban J connectivity index is 0.00000176. The van der Waals surface area contributed by atoms with Crippen LogP contribution < -0.4 is 5.73 Å². The van der Waals surface area contributed by atoms with Crippen LogP contribution >= 0.6 is 12.4 Å². The number of benzene rings is 2. The van der Waals surface area contributed by atoms with Gasteiger partial charge in [-0.05, 0) is 35.7 Å². The quantitative estimate of drug-likeness (QED) is 0.759. The van der Waals surface area contributed by atoms with E-state index in [9.17, 15) is 0 Å². The number of halogens is 1. The molecule has 116 valence electrons. The summed E-state index contributed by atoms with van der Waals surface area (Å²) >= 11 is 0. The Hall–Kier alpha value is -1.81. The van der Waals surface area contributed by atoms with E-state index < -0.39 is 0 Å². The molecule has 2 aromatic carbocycles. The van der Waals surface area contributed by atoms with Gasteiger partial charge in [-0.15, -0.1) is 12.4 Å². The van der Waals surface area contributed by atoms with Crippen LogP contribution in [0.2, 0.25) is 0 Å². The monoisotopic (exact) mass is 316 g/mol. The van der Waals surface area contributed by atoms with Gasteiger partial charge in [0, 0.05) is 35.8 Å². The second kappa shape index (κ2) is 6.97. The normalized spacial score (nSPS) is 10.7. The third-order valence-electron chi connectivity index (χ3n) is 3.94. The molecule has 0 unspecified atom stereocenters. The van der Waals surface area contributed by atoms with Crippen LogP contribution in [-0.4, -0.2) is 12.1 Å². The van der Waals surface area contributed by atoms with E-state index in [1.807, 2.05) is 6.07 Å². The highest BCUT2D eigenvalue weighted by Crippen LogP contribution is 2.32. The van der Waals surface area contributed by atoms with Gasteiger partial charge in [0.2, 0.25) is 0 Å². The topological polar surface area (TPSA) is 51.0 Å². The number of rotatable bonds is 4. The molecule has 3 nitrogen and oxygen atoms in total. The van der Waals surface area contributed by atoms with Gasteiger partial charge in [-0.2, -0.15) is 0 Å². The Morgan fingerprint density at radius 2 is 1.91 bits per heavy atom. The van der Waals surface area contributed by atoms with Gasteiger partial charge in [0.25, 0.3) is 0 Å². The SMILES string of the molecule is COCc1ccccc1-c1[nH]c2ccc(CN)cc2c1C.Cl. The van der Waals surface area contributed by atoms with Crippen LogP contribution in [0.3, 0.4) is 0 Å². The maximum absolute atomic E-state index is 5.75. The molecule has 3 aromatic rings. The van der Waals surface area contributed by atoms with Gasteiger partial charge >= 0.3 is 0 Å². The molecular formula is C18H21ClN2O. The lowest BCUT2D eigenvalue weighted by molar-refractivity contribution is 0.185. The molecule has 0 amide bonds. The number of H-pyrrole nitrogens is 1. The molecule has 4 heteroatoms. The third-order valence-corrected chi connectivity index (χ3v) is 3.94. The summed E-state index contributed by atoms with van der Waals surface area (Å²) in [7, 11) is 1.72. The maximum Gasteiger partial charge on any atom is 0.0719 e. The largest absolute Gasteiger partial charge is 0.380 e. The van der Waals surface area contributed by atoms with Gasteiger partial charge < -0.3 is 15.5 Å². The fourth-order valence-corrected chi connectivity index (χ4v) is 2.82. The van der Waals surface area contributed by atoms with E-state index in [1.54, 1.807) is 7.11 Å². The third kappa shape index (κ3) is 2.88. The second-order valence-electron chi connectivity index (χ2n) is 5.30. The first-order chi connectivity index (χ1) is 10.2. The minimum atomic E-state index is 0. The number of nitrogens with two attached hydrogens (primary N) is 1. The van der Waals surface area contributed by atoms with E-state index in [0.717, 1.165) is 16.8 Å². The molecule has 0 aliphatic carbocycles. The molecule has 1 aromatic heterocycles. The summed E-state index contributed by atoms with van der Waals surface area (Å²) in [5.74, 6) is 0. The Bertz CT molecular complexity index is 780. The second-order valence-corrected chi connectivity index (χ2v) is 5.30. The minimum Gasteiger partial charge on any atom is -0.380 e. The molecule has 0 atom stereocenters. The van der Waals surface area contributed by atoms with E-state index in [1.165, 1.54) is 22.1 Å². The molecule has 0 bridgehead atoms. The molecule has 22 heavy (non-hydrogen) atoms. The summed E-state index contributed by atoms with van der Waals surface area (Å²) in [6, 6.07) is 14.7. The molecule has 1 heterocycles. The molecule has 0 aliphatic rings. The Kier molecular flexibility index (Phi) is 5.24. The number of aromatic amines is 1. The van der Waals surface area contributed by atoms with Crippen LogP contribution in [0.4, 0.5) is 0 Å². The maximum atomic E-state index is 5.75. The molecule has 0 aliphatic heterocycles. The van der Waals surface area contributed by atoms with Crippen molar-refractivity contribution in [2.24, 2.45) is 5.73 Å². The molecule has 0 saturated carbocycles. The Morgan fingerprint density at radius 3 is 2.64 bits per heavy atom. The highest BCUT2D eigenvalue weighted by molar-refractivity contribution is 5.91. The van der Waals surface area contributed by atoms with Crippen molar-refractivity contribution in [1.82, 2.24) is 4.98 Å². The van der Waals surface area contributed by atoms with Gasteiger partial charge in [0.15, 0.2) is 0 Å². The van der Waals surface area contributed by atoms with Crippen LogP contribution in [0.15, 0.2) is 42.5 Å². The van der Waals surface area contributed by atoms with Crippen molar-refractivity contribution in [3.63, 3.8) is 0 Å².